The second kappa shape index (κ2) is 4.37. The lowest BCUT2D eigenvalue weighted by atomic mass is 10.2. The first-order chi connectivity index (χ1) is 8.16. The topological polar surface area (TPSA) is 34.0 Å². The zero-order valence-corrected chi connectivity index (χ0v) is 12.3. The average molecular weight is 363 g/mol. The molecule has 0 amide bonds. The number of likely N-dealkylation sites (N-methyl/N-ethyl adjacent to an activating group) is 1. The van der Waals surface area contributed by atoms with Gasteiger partial charge < -0.3 is 9.47 Å². The molecule has 1 unspecified atom stereocenters. The maximum atomic E-state index is 6.13. The molecule has 1 atom stereocenters. The van der Waals surface area contributed by atoms with Crippen LogP contribution in [0.3, 0.4) is 0 Å². The molecular formula is C11H12ClIN4. The van der Waals surface area contributed by atoms with Gasteiger partial charge in [-0.1, -0.05) is 11.6 Å². The van der Waals surface area contributed by atoms with Crippen molar-refractivity contribution in [1.29, 1.82) is 0 Å². The maximum Gasteiger partial charge on any atom is 0.146 e. The third-order valence-electron chi connectivity index (χ3n) is 3.28. The monoisotopic (exact) mass is 362 g/mol. The summed E-state index contributed by atoms with van der Waals surface area (Å²) in [5.74, 6) is 0. The molecule has 0 saturated carbocycles. The highest BCUT2D eigenvalue weighted by atomic mass is 127. The van der Waals surface area contributed by atoms with Crippen molar-refractivity contribution in [2.24, 2.45) is 0 Å². The van der Waals surface area contributed by atoms with Gasteiger partial charge in [-0.05, 0) is 42.6 Å². The number of hydrogen-bond acceptors (Lipinski definition) is 3. The van der Waals surface area contributed by atoms with E-state index in [9.17, 15) is 0 Å². The average Bonchev–Trinajstić information content (AvgIpc) is 2.84. The Kier molecular flexibility index (Phi) is 3.00. The van der Waals surface area contributed by atoms with E-state index < -0.39 is 0 Å². The third kappa shape index (κ3) is 1.94. The van der Waals surface area contributed by atoms with Gasteiger partial charge in [-0.15, -0.1) is 0 Å². The van der Waals surface area contributed by atoms with Crippen LogP contribution in [-0.4, -0.2) is 39.6 Å². The molecule has 0 bridgehead atoms. The van der Waals surface area contributed by atoms with E-state index in [4.69, 9.17) is 11.6 Å². The summed E-state index contributed by atoms with van der Waals surface area (Å²) in [6, 6.07) is 0.497. The summed E-state index contributed by atoms with van der Waals surface area (Å²) in [7, 11) is 2.15. The molecular weight excluding hydrogens is 351 g/mol. The van der Waals surface area contributed by atoms with E-state index in [1.54, 1.807) is 0 Å². The van der Waals surface area contributed by atoms with Gasteiger partial charge in [0.1, 0.15) is 17.1 Å². The minimum absolute atomic E-state index is 0.497. The summed E-state index contributed by atoms with van der Waals surface area (Å²) in [4.78, 5) is 10.8. The number of halogens is 2. The van der Waals surface area contributed by atoms with Crippen LogP contribution in [0.1, 0.15) is 12.5 Å². The zero-order valence-electron chi connectivity index (χ0n) is 9.40. The summed E-state index contributed by atoms with van der Waals surface area (Å²) in [5, 5.41) is 1.52. The molecule has 1 fully saturated rings. The van der Waals surface area contributed by atoms with Gasteiger partial charge in [-0.25, -0.2) is 9.97 Å². The van der Waals surface area contributed by atoms with Crippen molar-refractivity contribution in [1.82, 2.24) is 19.4 Å². The fourth-order valence-electron chi connectivity index (χ4n) is 2.42. The molecule has 0 radical (unpaired) electrons. The predicted octanol–water partition coefficient (Wildman–Crippen LogP) is 2.57. The van der Waals surface area contributed by atoms with Crippen molar-refractivity contribution in [3.8, 4) is 0 Å². The van der Waals surface area contributed by atoms with E-state index in [0.717, 1.165) is 34.1 Å². The van der Waals surface area contributed by atoms with Gasteiger partial charge in [0.2, 0.25) is 0 Å². The van der Waals surface area contributed by atoms with E-state index in [-0.39, 0.29) is 0 Å². The molecule has 1 saturated heterocycles. The highest BCUT2D eigenvalue weighted by Gasteiger charge is 2.24. The molecule has 2 aromatic heterocycles. The van der Waals surface area contributed by atoms with Crippen LogP contribution in [0.2, 0.25) is 5.15 Å². The van der Waals surface area contributed by atoms with Crippen molar-refractivity contribution in [3.05, 3.63) is 21.2 Å². The maximum absolute atomic E-state index is 6.13. The molecule has 2 aromatic rings. The first kappa shape index (κ1) is 11.7. The Hall–Kier alpha value is -0.400. The van der Waals surface area contributed by atoms with E-state index in [2.05, 4.69) is 55.3 Å². The Bertz CT molecular complexity index is 568. The zero-order chi connectivity index (χ0) is 12.0. The van der Waals surface area contributed by atoms with Crippen LogP contribution in [0.5, 0.6) is 0 Å². The molecule has 6 heteroatoms. The smallest absolute Gasteiger partial charge is 0.146 e. The minimum Gasteiger partial charge on any atom is -0.327 e. The van der Waals surface area contributed by atoms with Crippen LogP contribution in [0.4, 0.5) is 0 Å². The highest BCUT2D eigenvalue weighted by molar-refractivity contribution is 14.1. The Morgan fingerprint density at radius 2 is 2.29 bits per heavy atom. The second-order valence-corrected chi connectivity index (χ2v) is 5.97. The number of likely N-dealkylation sites (tertiary alicyclic amines) is 1. The molecule has 3 heterocycles. The molecule has 4 nitrogen and oxygen atoms in total. The molecule has 90 valence electrons. The number of nitrogens with zero attached hydrogens (tertiary/aromatic N) is 4. The van der Waals surface area contributed by atoms with Gasteiger partial charge in [-0.3, -0.25) is 0 Å². The lowest BCUT2D eigenvalue weighted by Crippen LogP contribution is -2.16. The highest BCUT2D eigenvalue weighted by Crippen LogP contribution is 2.31. The summed E-state index contributed by atoms with van der Waals surface area (Å²) in [6.45, 7) is 2.21. The van der Waals surface area contributed by atoms with Gasteiger partial charge in [0.15, 0.2) is 0 Å². The fraction of sp³-hybridized carbons (Fsp3) is 0.455. The number of rotatable bonds is 1. The largest absolute Gasteiger partial charge is 0.327 e. The lowest BCUT2D eigenvalue weighted by Gasteiger charge is -2.13. The number of hydrogen-bond donors (Lipinski definition) is 0. The van der Waals surface area contributed by atoms with Gasteiger partial charge in [-0.2, -0.15) is 0 Å². The Morgan fingerprint density at radius 3 is 3.00 bits per heavy atom. The molecule has 1 aliphatic rings. The number of fused-ring (bicyclic) bond motifs is 1. The molecule has 0 N–H and O–H groups in total. The van der Waals surface area contributed by atoms with Crippen LogP contribution in [0, 0.1) is 3.57 Å². The van der Waals surface area contributed by atoms with Crippen molar-refractivity contribution >= 4 is 45.2 Å². The van der Waals surface area contributed by atoms with E-state index >= 15 is 0 Å². The number of aromatic nitrogens is 3. The van der Waals surface area contributed by atoms with Crippen LogP contribution >= 0.6 is 34.2 Å². The fourth-order valence-corrected chi connectivity index (χ4v) is 3.61. The molecule has 1 aliphatic heterocycles. The Balaban J connectivity index is 2.14. The summed E-state index contributed by atoms with van der Waals surface area (Å²) >= 11 is 8.43. The quantitative estimate of drug-likeness (QED) is 0.577. The molecule has 3 rings (SSSR count). The summed E-state index contributed by atoms with van der Waals surface area (Å²) in [5.41, 5.74) is 0.953. The third-order valence-corrected chi connectivity index (χ3v) is 4.38. The van der Waals surface area contributed by atoms with Crippen molar-refractivity contribution in [3.63, 3.8) is 0 Å². The minimum atomic E-state index is 0.497. The molecule has 0 spiro atoms. The normalized spacial score (nSPS) is 21.5. The van der Waals surface area contributed by atoms with Gasteiger partial charge >= 0.3 is 0 Å². The van der Waals surface area contributed by atoms with Crippen LogP contribution in [0.15, 0.2) is 12.5 Å². The first-order valence-corrected chi connectivity index (χ1v) is 6.97. The molecule has 0 aromatic carbocycles. The Morgan fingerprint density at radius 1 is 1.47 bits per heavy atom. The Labute approximate surface area is 118 Å². The van der Waals surface area contributed by atoms with Gasteiger partial charge in [0.05, 0.1) is 5.39 Å². The van der Waals surface area contributed by atoms with Crippen molar-refractivity contribution < 1.29 is 0 Å². The van der Waals surface area contributed by atoms with Gasteiger partial charge in [0, 0.05) is 22.4 Å². The summed E-state index contributed by atoms with van der Waals surface area (Å²) in [6.07, 6.45) is 4.84. The van der Waals surface area contributed by atoms with Crippen molar-refractivity contribution in [2.75, 3.05) is 20.1 Å². The van der Waals surface area contributed by atoms with Crippen LogP contribution < -0.4 is 0 Å². The molecule has 17 heavy (non-hydrogen) atoms. The van der Waals surface area contributed by atoms with Gasteiger partial charge in [0.25, 0.3) is 0 Å². The van der Waals surface area contributed by atoms with E-state index in [1.165, 1.54) is 6.33 Å². The predicted molar refractivity (Wildman–Crippen MR) is 76.4 cm³/mol. The van der Waals surface area contributed by atoms with E-state index in [1.807, 2.05) is 0 Å². The molecule has 0 aliphatic carbocycles. The standard InChI is InChI=1S/C11H12ClIN4/c1-16-3-2-7(4-16)17-5-8(13)9-10(12)14-6-15-11(9)17/h5-7H,2-4H2,1H3. The SMILES string of the molecule is CN1CCC(n2cc(I)c3c(Cl)ncnc32)C1. The second-order valence-electron chi connectivity index (χ2n) is 4.45. The van der Waals surface area contributed by atoms with Crippen LogP contribution in [-0.2, 0) is 0 Å². The van der Waals surface area contributed by atoms with E-state index in [0.29, 0.717) is 11.2 Å². The van der Waals surface area contributed by atoms with Crippen LogP contribution in [0.25, 0.3) is 11.0 Å². The lowest BCUT2D eigenvalue weighted by molar-refractivity contribution is 0.394. The van der Waals surface area contributed by atoms with Crippen molar-refractivity contribution in [2.45, 2.75) is 12.5 Å². The summed E-state index contributed by atoms with van der Waals surface area (Å²) < 4.78 is 3.37. The first-order valence-electron chi connectivity index (χ1n) is 5.52.